The molecule has 1 aromatic carbocycles. The summed E-state index contributed by atoms with van der Waals surface area (Å²) in [5, 5.41) is 7.87. The number of ether oxygens (including phenoxy) is 1. The Labute approximate surface area is 141 Å². The highest BCUT2D eigenvalue weighted by molar-refractivity contribution is 7.58. The largest absolute Gasteiger partial charge is 0.445 e. The summed E-state index contributed by atoms with van der Waals surface area (Å²) in [4.78, 5) is 24.4. The van der Waals surface area contributed by atoms with E-state index in [0.717, 1.165) is 5.56 Å². The molecule has 132 valence electrons. The van der Waals surface area contributed by atoms with Crippen molar-refractivity contribution in [2.75, 3.05) is 20.6 Å². The highest BCUT2D eigenvalue weighted by Gasteiger charge is 2.39. The highest BCUT2D eigenvalue weighted by Crippen LogP contribution is 2.41. The molecule has 0 bridgehead atoms. The van der Waals surface area contributed by atoms with Gasteiger partial charge in [0.1, 0.15) is 12.6 Å². The molecule has 1 heterocycles. The zero-order chi connectivity index (χ0) is 17.6. The van der Waals surface area contributed by atoms with Gasteiger partial charge in [-0.25, -0.2) is 15.0 Å². The Balaban J connectivity index is 1.93. The number of piperidine rings is 1. The lowest BCUT2D eigenvalue weighted by Gasteiger charge is -2.36. The molecule has 1 aliphatic rings. The van der Waals surface area contributed by atoms with E-state index in [9.17, 15) is 14.2 Å². The van der Waals surface area contributed by atoms with Crippen molar-refractivity contribution in [2.24, 2.45) is 0 Å². The molecule has 0 aromatic heterocycles. The minimum absolute atomic E-state index is 0.128. The van der Waals surface area contributed by atoms with Crippen molar-refractivity contribution in [1.82, 2.24) is 20.2 Å². The molecule has 0 aliphatic carbocycles. The lowest BCUT2D eigenvalue weighted by atomic mass is 10.1. The first kappa shape index (κ1) is 18.4. The smallest absolute Gasteiger partial charge is 0.408 e. The first-order valence-corrected chi connectivity index (χ1v) is 9.43. The predicted molar refractivity (Wildman–Crippen MR) is 90.2 cm³/mol. The Kier molecular flexibility index (Phi) is 6.36. The van der Waals surface area contributed by atoms with Crippen LogP contribution in [0, 0.1) is 0 Å². The van der Waals surface area contributed by atoms with Gasteiger partial charge in [0.2, 0.25) is 0 Å². The summed E-state index contributed by atoms with van der Waals surface area (Å²) in [6.45, 7) is 0.498. The number of carbonyl (C=O) groups excluding carboxylic acids is 2. The van der Waals surface area contributed by atoms with Crippen LogP contribution in [0.3, 0.4) is 0 Å². The molecule has 0 saturated carbocycles. The number of carbonyl (C=O) groups is 2. The number of amides is 2. The molecule has 8 nitrogen and oxygen atoms in total. The second-order valence-corrected chi connectivity index (χ2v) is 7.91. The van der Waals surface area contributed by atoms with Gasteiger partial charge in [-0.2, -0.15) is 0 Å². The van der Waals surface area contributed by atoms with Crippen LogP contribution in [0.1, 0.15) is 18.4 Å². The zero-order valence-corrected chi connectivity index (χ0v) is 14.7. The lowest BCUT2D eigenvalue weighted by molar-refractivity contribution is -0.130. The predicted octanol–water partition coefficient (Wildman–Crippen LogP) is 1.45. The monoisotopic (exact) mass is 354 g/mol. The Morgan fingerprint density at radius 3 is 2.58 bits per heavy atom. The molecular weight excluding hydrogens is 331 g/mol. The van der Waals surface area contributed by atoms with Crippen molar-refractivity contribution >= 4 is 19.6 Å². The van der Waals surface area contributed by atoms with Gasteiger partial charge in [0.05, 0.1) is 0 Å². The van der Waals surface area contributed by atoms with E-state index in [1.165, 1.54) is 18.8 Å². The van der Waals surface area contributed by atoms with Crippen molar-refractivity contribution in [1.29, 1.82) is 0 Å². The summed E-state index contributed by atoms with van der Waals surface area (Å²) in [6, 6.07) is 8.53. The topological polar surface area (TPSA) is 99.8 Å². The summed E-state index contributed by atoms with van der Waals surface area (Å²) in [7, 11) is -0.118. The van der Waals surface area contributed by atoms with Crippen molar-refractivity contribution < 1.29 is 18.9 Å². The van der Waals surface area contributed by atoms with E-state index >= 15 is 0 Å². The molecule has 1 saturated heterocycles. The Hall–Kier alpha value is -1.89. The molecule has 1 aliphatic heterocycles. The fourth-order valence-corrected chi connectivity index (χ4v) is 4.08. The van der Waals surface area contributed by atoms with Crippen molar-refractivity contribution in [3.63, 3.8) is 0 Å². The Morgan fingerprint density at radius 1 is 1.29 bits per heavy atom. The number of rotatable bonds is 6. The van der Waals surface area contributed by atoms with Gasteiger partial charge in [0.25, 0.3) is 5.91 Å². The van der Waals surface area contributed by atoms with Crippen LogP contribution in [0.15, 0.2) is 30.3 Å². The molecule has 24 heavy (non-hydrogen) atoms. The van der Waals surface area contributed by atoms with E-state index in [0.29, 0.717) is 19.4 Å². The molecule has 0 radical (unpaired) electrons. The molecule has 0 unspecified atom stereocenters. The van der Waals surface area contributed by atoms with Crippen molar-refractivity contribution in [3.05, 3.63) is 35.9 Å². The molecular formula is C15H23N4O4P. The molecule has 3 N–H and O–H groups in total. The van der Waals surface area contributed by atoms with Gasteiger partial charge in [0, 0.05) is 6.54 Å². The second kappa shape index (κ2) is 8.28. The van der Waals surface area contributed by atoms with E-state index in [2.05, 4.69) is 15.5 Å². The minimum Gasteiger partial charge on any atom is -0.445 e. The summed E-state index contributed by atoms with van der Waals surface area (Å²) in [5.41, 5.74) is 0.860. The number of hydrogen-bond donors (Lipinski definition) is 3. The van der Waals surface area contributed by atoms with Gasteiger partial charge in [-0.15, -0.1) is 0 Å². The van der Waals surface area contributed by atoms with E-state index in [-0.39, 0.29) is 12.5 Å². The van der Waals surface area contributed by atoms with Crippen molar-refractivity contribution in [3.8, 4) is 0 Å². The summed E-state index contributed by atoms with van der Waals surface area (Å²) >= 11 is 0. The van der Waals surface area contributed by atoms with Crippen LogP contribution < -0.4 is 15.5 Å². The Bertz CT molecular complexity index is 617. The maximum atomic E-state index is 12.6. The second-order valence-electron chi connectivity index (χ2n) is 5.39. The highest BCUT2D eigenvalue weighted by atomic mass is 31.2. The van der Waals surface area contributed by atoms with Crippen LogP contribution in [0.5, 0.6) is 0 Å². The third kappa shape index (κ3) is 4.35. The fourth-order valence-electron chi connectivity index (χ4n) is 2.53. The molecule has 1 atom stereocenters. The number of hydrogen-bond acceptors (Lipinski definition) is 4. The zero-order valence-electron chi connectivity index (χ0n) is 13.8. The average Bonchev–Trinajstić information content (AvgIpc) is 2.62. The van der Waals surface area contributed by atoms with Crippen LogP contribution in [-0.4, -0.2) is 43.4 Å². The number of nitrogens with one attached hydrogen (secondary N) is 3. The summed E-state index contributed by atoms with van der Waals surface area (Å²) in [5.74, 6) is -0.384. The Morgan fingerprint density at radius 2 is 1.96 bits per heavy atom. The average molecular weight is 354 g/mol. The molecule has 1 aromatic rings. The van der Waals surface area contributed by atoms with E-state index in [1.54, 1.807) is 0 Å². The molecule has 9 heteroatoms. The van der Waals surface area contributed by atoms with Crippen molar-refractivity contribution in [2.45, 2.75) is 25.5 Å². The minimum atomic E-state index is -3.16. The van der Waals surface area contributed by atoms with Crippen LogP contribution in [-0.2, 0) is 20.7 Å². The first-order chi connectivity index (χ1) is 11.5. The van der Waals surface area contributed by atoms with Gasteiger partial charge in [-0.1, -0.05) is 30.3 Å². The number of benzene rings is 1. The number of nitrogens with zero attached hydrogens (tertiary/aromatic N) is 1. The number of alkyl carbamates (subject to hydrolysis) is 1. The van der Waals surface area contributed by atoms with E-state index in [1.807, 2.05) is 30.3 Å². The van der Waals surface area contributed by atoms with Gasteiger partial charge >= 0.3 is 13.7 Å². The summed E-state index contributed by atoms with van der Waals surface area (Å²) < 4.78 is 19.0. The van der Waals surface area contributed by atoms with Gasteiger partial charge < -0.3 is 10.1 Å². The third-order valence-electron chi connectivity index (χ3n) is 3.87. The van der Waals surface area contributed by atoms with E-state index in [4.69, 9.17) is 4.74 Å². The normalized spacial score (nSPS) is 18.3. The SMILES string of the molecule is CNP(=O)(NC)N1CCC[C@H](NC(=O)OCc2ccccc2)C1=O. The maximum absolute atomic E-state index is 12.6. The third-order valence-corrected chi connectivity index (χ3v) is 6.16. The molecule has 0 spiro atoms. The molecule has 2 amide bonds. The van der Waals surface area contributed by atoms with Crippen LogP contribution in [0.4, 0.5) is 4.79 Å². The first-order valence-electron chi connectivity index (χ1n) is 7.77. The fraction of sp³-hybridized carbons (Fsp3) is 0.467. The molecule has 2 rings (SSSR count). The van der Waals surface area contributed by atoms with Crippen LogP contribution in [0.2, 0.25) is 0 Å². The van der Waals surface area contributed by atoms with Crippen LogP contribution >= 0.6 is 7.59 Å². The van der Waals surface area contributed by atoms with Gasteiger partial charge in [0.15, 0.2) is 0 Å². The van der Waals surface area contributed by atoms with Gasteiger partial charge in [-0.05, 0) is 32.5 Å². The quantitative estimate of drug-likeness (QED) is 0.669. The summed E-state index contributed by atoms with van der Waals surface area (Å²) in [6.07, 6.45) is 0.467. The van der Waals surface area contributed by atoms with E-state index < -0.39 is 19.7 Å². The van der Waals surface area contributed by atoms with Gasteiger partial charge in [-0.3, -0.25) is 14.0 Å². The standard InChI is InChI=1S/C15H23N4O4P/c1-16-24(22,17-2)19-10-6-9-13(14(19)20)18-15(21)23-11-12-7-4-3-5-8-12/h3-5,7-8,13H,6,9-11H2,1-2H3,(H,18,21)(H2,16,17,22)/t13-/m0/s1. The molecule has 1 fully saturated rings. The van der Waals surface area contributed by atoms with Crippen LogP contribution in [0.25, 0.3) is 0 Å². The maximum Gasteiger partial charge on any atom is 0.408 e. The lowest BCUT2D eigenvalue weighted by Crippen LogP contribution is -2.53.